The minimum Gasteiger partial charge on any atom is -0.361 e. The third kappa shape index (κ3) is 0.925. The Morgan fingerprint density at radius 3 is 2.92 bits per heavy atom. The van der Waals surface area contributed by atoms with Crippen LogP contribution in [0.25, 0.3) is 10.9 Å². The summed E-state index contributed by atoms with van der Waals surface area (Å²) in [6.07, 6.45) is 1.74. The van der Waals surface area contributed by atoms with Gasteiger partial charge in [-0.2, -0.15) is 0 Å². The van der Waals surface area contributed by atoms with Gasteiger partial charge in [-0.05, 0) is 19.1 Å². The highest BCUT2D eigenvalue weighted by Gasteiger charge is 1.98. The van der Waals surface area contributed by atoms with Gasteiger partial charge < -0.3 is 4.98 Å². The molecule has 0 amide bonds. The average molecular weight is 161 g/mol. The average Bonchev–Trinajstić information content (AvgIpc) is 2.12. The molecule has 0 atom stereocenters. The number of aromatic amines is 1. The number of pyridine rings is 1. The number of benzene rings is 1. The summed E-state index contributed by atoms with van der Waals surface area (Å²) in [7, 11) is 0. The van der Waals surface area contributed by atoms with Crippen LogP contribution in [0.2, 0.25) is 0 Å². The molecule has 2 rings (SSSR count). The van der Waals surface area contributed by atoms with E-state index < -0.39 is 0 Å². The Bertz CT molecular complexity index is 476. The van der Waals surface area contributed by atoms with Crippen LogP contribution in [-0.4, -0.2) is 4.98 Å². The molecule has 1 N–H and O–H groups in total. The second-order valence-corrected chi connectivity index (χ2v) is 2.85. The number of nitrogens with one attached hydrogen (secondary N) is 1. The molecule has 62 valence electrons. The summed E-state index contributed by atoms with van der Waals surface area (Å²) in [6.45, 7) is 1.81. The van der Waals surface area contributed by atoms with E-state index in [0.29, 0.717) is 0 Å². The molecule has 2 nitrogen and oxygen atoms in total. The van der Waals surface area contributed by atoms with E-state index in [1.807, 2.05) is 31.2 Å². The predicted octanol–water partition coefficient (Wildman–Crippen LogP) is 2.08. The van der Waals surface area contributed by atoms with E-state index in [1.165, 1.54) is 0 Å². The summed E-state index contributed by atoms with van der Waals surface area (Å²) in [6, 6.07) is 7.52. The van der Waals surface area contributed by atoms with Crippen molar-refractivity contribution >= 4 is 10.9 Å². The maximum atomic E-state index is 11.5. The Morgan fingerprint density at radius 2 is 2.08 bits per heavy atom. The first-order valence-electron chi connectivity index (χ1n) is 3.86. The Morgan fingerprint density at radius 1 is 1.33 bits per heavy atom. The number of aryl methyl sites for hydroxylation is 1. The van der Waals surface area contributed by atoms with Gasteiger partial charge in [0.15, 0.2) is 5.43 Å². The lowest BCUT2D eigenvalue weighted by Crippen LogP contribution is -2.05. The van der Waals surface area contributed by atoms with Gasteiger partial charge in [-0.1, -0.05) is 12.1 Å². The number of hydrogen-bond donors (Lipinski definition) is 1. The highest BCUT2D eigenvalue weighted by molar-refractivity contribution is 5.78. The Kier molecular flexibility index (Phi) is 1.47. The Labute approximate surface area is 71.3 Å². The number of rotatable bonds is 0. The van der Waals surface area contributed by atoms with Crippen LogP contribution in [-0.2, 0) is 0 Å². The molecule has 0 fully saturated rings. The molecule has 12 heavy (non-hydrogen) atoms. The minimum absolute atomic E-state index is 0. The van der Waals surface area contributed by atoms with E-state index in [1.54, 1.807) is 6.20 Å². The molecule has 0 saturated carbocycles. The van der Waals surface area contributed by atoms with Crippen molar-refractivity contribution < 1.29 is 1.43 Å². The SMILES string of the molecule is Cc1c[nH]c2ccccc2c1=O.[HH]. The standard InChI is InChI=1S/C10H9NO.H2/c1-7-6-11-9-5-3-2-4-8(9)10(7)12;/h2-6H,1H3,(H,11,12);1H. The molecule has 0 saturated heterocycles. The Hall–Kier alpha value is -1.57. The molecule has 2 aromatic rings. The number of para-hydroxylation sites is 1. The van der Waals surface area contributed by atoms with Gasteiger partial charge in [-0.15, -0.1) is 0 Å². The van der Waals surface area contributed by atoms with Crippen LogP contribution >= 0.6 is 0 Å². The molecular weight excluding hydrogens is 150 g/mol. The van der Waals surface area contributed by atoms with Gasteiger partial charge in [0.2, 0.25) is 0 Å². The second-order valence-electron chi connectivity index (χ2n) is 2.85. The van der Waals surface area contributed by atoms with Crippen LogP contribution in [0.15, 0.2) is 35.3 Å². The quantitative estimate of drug-likeness (QED) is 0.630. The third-order valence-corrected chi connectivity index (χ3v) is 1.97. The fraction of sp³-hybridized carbons (Fsp3) is 0.100. The van der Waals surface area contributed by atoms with E-state index in [2.05, 4.69) is 4.98 Å². The molecule has 0 aliphatic carbocycles. The molecular formula is C10H11NO. The van der Waals surface area contributed by atoms with Crippen molar-refractivity contribution in [3.63, 3.8) is 0 Å². The Balaban J connectivity index is 0.000000845. The van der Waals surface area contributed by atoms with Crippen LogP contribution in [0, 0.1) is 6.92 Å². The van der Waals surface area contributed by atoms with E-state index >= 15 is 0 Å². The number of aromatic nitrogens is 1. The molecule has 2 heteroatoms. The van der Waals surface area contributed by atoms with Crippen LogP contribution in [0.4, 0.5) is 0 Å². The van der Waals surface area contributed by atoms with E-state index in [9.17, 15) is 4.79 Å². The number of hydrogen-bond acceptors (Lipinski definition) is 1. The summed E-state index contributed by atoms with van der Waals surface area (Å²) >= 11 is 0. The first kappa shape index (κ1) is 7.10. The van der Waals surface area contributed by atoms with Crippen molar-refractivity contribution in [3.05, 3.63) is 46.2 Å². The van der Waals surface area contributed by atoms with Crippen LogP contribution in [0.5, 0.6) is 0 Å². The summed E-state index contributed by atoms with van der Waals surface area (Å²) in [5.41, 5.74) is 1.77. The number of H-pyrrole nitrogens is 1. The number of fused-ring (bicyclic) bond motifs is 1. The molecule has 1 aromatic heterocycles. The van der Waals surface area contributed by atoms with Gasteiger partial charge >= 0.3 is 0 Å². The molecule has 0 bridgehead atoms. The minimum atomic E-state index is 0. The predicted molar refractivity (Wildman–Crippen MR) is 51.4 cm³/mol. The van der Waals surface area contributed by atoms with E-state index in [4.69, 9.17) is 0 Å². The van der Waals surface area contributed by atoms with Gasteiger partial charge in [0, 0.05) is 24.1 Å². The second kappa shape index (κ2) is 2.48. The summed E-state index contributed by atoms with van der Waals surface area (Å²) in [5.74, 6) is 0. The molecule has 0 radical (unpaired) electrons. The smallest absolute Gasteiger partial charge is 0.192 e. The monoisotopic (exact) mass is 161 g/mol. The van der Waals surface area contributed by atoms with Gasteiger partial charge in [0.25, 0.3) is 0 Å². The fourth-order valence-corrected chi connectivity index (χ4v) is 1.27. The van der Waals surface area contributed by atoms with Crippen LogP contribution in [0.3, 0.4) is 0 Å². The largest absolute Gasteiger partial charge is 0.361 e. The van der Waals surface area contributed by atoms with Gasteiger partial charge in [-0.3, -0.25) is 4.79 Å². The highest BCUT2D eigenvalue weighted by Crippen LogP contribution is 2.05. The van der Waals surface area contributed by atoms with Crippen molar-refractivity contribution in [1.29, 1.82) is 0 Å². The van der Waals surface area contributed by atoms with Crippen LogP contribution < -0.4 is 5.43 Å². The maximum Gasteiger partial charge on any atom is 0.192 e. The molecule has 0 spiro atoms. The van der Waals surface area contributed by atoms with Crippen molar-refractivity contribution in [3.8, 4) is 0 Å². The molecule has 1 aromatic carbocycles. The van der Waals surface area contributed by atoms with E-state index in [0.717, 1.165) is 16.5 Å². The first-order valence-corrected chi connectivity index (χ1v) is 3.86. The van der Waals surface area contributed by atoms with Gasteiger partial charge in [0.05, 0.1) is 0 Å². The summed E-state index contributed by atoms with van der Waals surface area (Å²) in [5, 5.41) is 0.762. The summed E-state index contributed by atoms with van der Waals surface area (Å²) < 4.78 is 0. The lowest BCUT2D eigenvalue weighted by Gasteiger charge is -1.96. The zero-order valence-corrected chi connectivity index (χ0v) is 6.79. The van der Waals surface area contributed by atoms with E-state index in [-0.39, 0.29) is 6.86 Å². The van der Waals surface area contributed by atoms with Crippen LogP contribution in [0.1, 0.15) is 6.99 Å². The topological polar surface area (TPSA) is 32.9 Å². The lowest BCUT2D eigenvalue weighted by molar-refractivity contribution is 1.30. The lowest BCUT2D eigenvalue weighted by atomic mass is 10.2. The molecule has 1 heterocycles. The highest BCUT2D eigenvalue weighted by atomic mass is 16.1. The molecule has 0 aliphatic rings. The van der Waals surface area contributed by atoms with Crippen molar-refractivity contribution in [1.82, 2.24) is 4.98 Å². The van der Waals surface area contributed by atoms with Crippen molar-refractivity contribution in [2.75, 3.05) is 0 Å². The summed E-state index contributed by atoms with van der Waals surface area (Å²) in [4.78, 5) is 14.6. The first-order chi connectivity index (χ1) is 5.79. The van der Waals surface area contributed by atoms with Gasteiger partial charge in [0.1, 0.15) is 0 Å². The normalized spacial score (nSPS) is 10.4. The molecule has 0 aliphatic heterocycles. The zero-order chi connectivity index (χ0) is 8.55. The third-order valence-electron chi connectivity index (χ3n) is 1.97. The fourth-order valence-electron chi connectivity index (χ4n) is 1.27. The van der Waals surface area contributed by atoms with Crippen molar-refractivity contribution in [2.45, 2.75) is 6.92 Å². The molecule has 0 unspecified atom stereocenters. The van der Waals surface area contributed by atoms with Crippen molar-refractivity contribution in [2.24, 2.45) is 0 Å². The van der Waals surface area contributed by atoms with Gasteiger partial charge in [-0.25, -0.2) is 0 Å². The zero-order valence-electron chi connectivity index (χ0n) is 6.79. The maximum absolute atomic E-state index is 11.5.